The average molecular weight is 265 g/mol. The first-order valence-electron chi connectivity index (χ1n) is 6.07. The van der Waals surface area contributed by atoms with Crippen molar-refractivity contribution in [1.29, 1.82) is 0 Å². The van der Waals surface area contributed by atoms with Gasteiger partial charge in [0.05, 0.1) is 11.1 Å². The van der Waals surface area contributed by atoms with Crippen LogP contribution in [0, 0.1) is 5.41 Å². The Bertz CT molecular complexity index is 462. The minimum Gasteiger partial charge on any atom is -0.478 e. The molecule has 0 heterocycles. The van der Waals surface area contributed by atoms with Crippen molar-refractivity contribution in [2.24, 2.45) is 11.1 Å². The number of carbonyl (C=O) groups is 2. The van der Waals surface area contributed by atoms with Gasteiger partial charge in [-0.15, -0.1) is 0 Å². The van der Waals surface area contributed by atoms with E-state index in [1.807, 2.05) is 13.8 Å². The quantitative estimate of drug-likeness (QED) is 0.730. The van der Waals surface area contributed by atoms with E-state index in [0.717, 1.165) is 0 Å². The largest absolute Gasteiger partial charge is 0.478 e. The summed E-state index contributed by atoms with van der Waals surface area (Å²) in [4.78, 5) is 22.4. The maximum absolute atomic E-state index is 11.2. The van der Waals surface area contributed by atoms with Gasteiger partial charge in [-0.25, -0.2) is 9.59 Å². The van der Waals surface area contributed by atoms with Gasteiger partial charge in [-0.1, -0.05) is 19.9 Å². The Morgan fingerprint density at radius 1 is 1.16 bits per heavy atom. The van der Waals surface area contributed by atoms with Crippen molar-refractivity contribution in [3.8, 4) is 0 Å². The van der Waals surface area contributed by atoms with E-state index >= 15 is 0 Å². The van der Waals surface area contributed by atoms with E-state index in [1.165, 1.54) is 18.2 Å². The van der Waals surface area contributed by atoms with Gasteiger partial charge in [-0.3, -0.25) is 0 Å². The van der Waals surface area contributed by atoms with E-state index in [4.69, 9.17) is 5.73 Å². The third kappa shape index (κ3) is 3.79. The van der Waals surface area contributed by atoms with Crippen LogP contribution in [0.1, 0.15) is 46.5 Å². The number of hydrogen-bond acceptors (Lipinski definition) is 3. The summed E-state index contributed by atoms with van der Waals surface area (Å²) < 4.78 is 0. The number of carboxylic acids is 2. The molecule has 1 aromatic rings. The van der Waals surface area contributed by atoms with Crippen molar-refractivity contribution >= 4 is 11.9 Å². The van der Waals surface area contributed by atoms with Gasteiger partial charge in [0, 0.05) is 0 Å². The Kier molecular flexibility index (Phi) is 4.67. The zero-order valence-electron chi connectivity index (χ0n) is 11.1. The molecule has 0 bridgehead atoms. The molecule has 0 aliphatic heterocycles. The zero-order valence-corrected chi connectivity index (χ0v) is 11.1. The third-order valence-electron chi connectivity index (χ3n) is 3.11. The molecule has 1 aromatic carbocycles. The molecular formula is C14H19NO4. The Morgan fingerprint density at radius 3 is 2.00 bits per heavy atom. The highest BCUT2D eigenvalue weighted by atomic mass is 16.4. The van der Waals surface area contributed by atoms with Crippen LogP contribution in [-0.4, -0.2) is 28.7 Å². The monoisotopic (exact) mass is 265 g/mol. The molecule has 5 nitrogen and oxygen atoms in total. The second-order valence-electron chi connectivity index (χ2n) is 5.32. The molecule has 4 N–H and O–H groups in total. The van der Waals surface area contributed by atoms with E-state index in [1.54, 1.807) is 0 Å². The molecule has 0 radical (unpaired) electrons. The first-order valence-corrected chi connectivity index (χ1v) is 6.07. The molecule has 104 valence electrons. The molecule has 0 spiro atoms. The maximum atomic E-state index is 11.2. The fourth-order valence-electron chi connectivity index (χ4n) is 2.14. The molecule has 19 heavy (non-hydrogen) atoms. The van der Waals surface area contributed by atoms with Crippen molar-refractivity contribution < 1.29 is 19.8 Å². The van der Waals surface area contributed by atoms with Crippen LogP contribution in [0.15, 0.2) is 18.2 Å². The van der Waals surface area contributed by atoms with Gasteiger partial charge in [0.15, 0.2) is 0 Å². The fourth-order valence-corrected chi connectivity index (χ4v) is 2.14. The first kappa shape index (κ1) is 15.2. The Morgan fingerprint density at radius 2 is 1.63 bits per heavy atom. The Balaban J connectivity index is 3.29. The van der Waals surface area contributed by atoms with Crippen LogP contribution in [-0.2, 0) is 6.42 Å². The summed E-state index contributed by atoms with van der Waals surface area (Å²) in [5.74, 6) is -2.22. The highest BCUT2D eigenvalue weighted by molar-refractivity contribution is 5.96. The first-order chi connectivity index (χ1) is 8.78. The summed E-state index contributed by atoms with van der Waals surface area (Å²) in [5, 5.41) is 18.4. The lowest BCUT2D eigenvalue weighted by atomic mass is 9.80. The number of benzene rings is 1. The predicted octanol–water partition coefficient (Wildman–Crippen LogP) is 2.00. The maximum Gasteiger partial charge on any atom is 0.335 e. The molecule has 0 fully saturated rings. The Hall–Kier alpha value is -1.88. The second kappa shape index (κ2) is 5.84. The van der Waals surface area contributed by atoms with Crippen LogP contribution in [0.3, 0.4) is 0 Å². The standard InChI is InChI=1S/C14H19NO4/c1-14(2,6-7-15)8-11-9(12(16)17)4-3-5-10(11)13(18)19/h3-5H,6-8,15H2,1-2H3,(H,16,17)(H,18,19). The number of rotatable bonds is 6. The van der Waals surface area contributed by atoms with Gasteiger partial charge >= 0.3 is 11.9 Å². The van der Waals surface area contributed by atoms with Crippen LogP contribution in [0.25, 0.3) is 0 Å². The molecule has 0 saturated carbocycles. The fraction of sp³-hybridized carbons (Fsp3) is 0.429. The highest BCUT2D eigenvalue weighted by Crippen LogP contribution is 2.29. The lowest BCUT2D eigenvalue weighted by Gasteiger charge is -2.25. The normalized spacial score (nSPS) is 11.3. The van der Waals surface area contributed by atoms with Crippen molar-refractivity contribution in [1.82, 2.24) is 0 Å². The Labute approximate surface area is 112 Å². The zero-order chi connectivity index (χ0) is 14.6. The molecule has 0 aromatic heterocycles. The summed E-state index contributed by atoms with van der Waals surface area (Å²) in [7, 11) is 0. The molecule has 0 aliphatic carbocycles. The van der Waals surface area contributed by atoms with Crippen molar-refractivity contribution in [2.45, 2.75) is 26.7 Å². The van der Waals surface area contributed by atoms with Crippen LogP contribution in [0.2, 0.25) is 0 Å². The van der Waals surface area contributed by atoms with E-state index in [-0.39, 0.29) is 16.5 Å². The minimum absolute atomic E-state index is 0.0463. The van der Waals surface area contributed by atoms with E-state index < -0.39 is 11.9 Å². The summed E-state index contributed by atoms with van der Waals surface area (Å²) in [6, 6.07) is 4.32. The van der Waals surface area contributed by atoms with Crippen LogP contribution >= 0.6 is 0 Å². The molecule has 0 saturated heterocycles. The number of hydrogen-bond donors (Lipinski definition) is 3. The van der Waals surface area contributed by atoms with E-state index in [2.05, 4.69) is 0 Å². The number of aromatic carboxylic acids is 2. The van der Waals surface area contributed by atoms with Gasteiger partial charge in [0.1, 0.15) is 0 Å². The molecule has 5 heteroatoms. The molecule has 1 rings (SSSR count). The average Bonchev–Trinajstić information content (AvgIpc) is 2.27. The molecular weight excluding hydrogens is 246 g/mol. The summed E-state index contributed by atoms with van der Waals surface area (Å²) >= 11 is 0. The molecule has 0 amide bonds. The lowest BCUT2D eigenvalue weighted by Crippen LogP contribution is -2.23. The predicted molar refractivity (Wildman–Crippen MR) is 71.5 cm³/mol. The summed E-state index contributed by atoms with van der Waals surface area (Å²) in [6.45, 7) is 4.37. The van der Waals surface area contributed by atoms with Gasteiger partial charge < -0.3 is 15.9 Å². The van der Waals surface area contributed by atoms with Crippen molar-refractivity contribution in [2.75, 3.05) is 6.54 Å². The van der Waals surface area contributed by atoms with Gasteiger partial charge in [0.2, 0.25) is 0 Å². The van der Waals surface area contributed by atoms with Gasteiger partial charge in [0.25, 0.3) is 0 Å². The number of carboxylic acid groups (broad SMARTS) is 2. The SMILES string of the molecule is CC(C)(CCN)Cc1c(C(=O)O)cccc1C(=O)O. The highest BCUT2D eigenvalue weighted by Gasteiger charge is 2.25. The van der Waals surface area contributed by atoms with Crippen molar-refractivity contribution in [3.05, 3.63) is 34.9 Å². The third-order valence-corrected chi connectivity index (χ3v) is 3.11. The number of nitrogens with two attached hydrogens (primary N) is 1. The second-order valence-corrected chi connectivity index (χ2v) is 5.32. The molecule has 0 aliphatic rings. The van der Waals surface area contributed by atoms with Gasteiger partial charge in [-0.2, -0.15) is 0 Å². The molecule has 0 unspecified atom stereocenters. The molecule has 0 atom stereocenters. The van der Waals surface area contributed by atoms with Gasteiger partial charge in [-0.05, 0) is 42.5 Å². The van der Waals surface area contributed by atoms with Crippen LogP contribution < -0.4 is 5.73 Å². The topological polar surface area (TPSA) is 101 Å². The van der Waals surface area contributed by atoms with Crippen LogP contribution in [0.5, 0.6) is 0 Å². The minimum atomic E-state index is -1.11. The van der Waals surface area contributed by atoms with Crippen LogP contribution in [0.4, 0.5) is 0 Å². The summed E-state index contributed by atoms with van der Waals surface area (Å²) in [5.41, 5.74) is 5.74. The smallest absolute Gasteiger partial charge is 0.335 e. The van der Waals surface area contributed by atoms with Crippen molar-refractivity contribution in [3.63, 3.8) is 0 Å². The van der Waals surface area contributed by atoms with E-state index in [0.29, 0.717) is 24.9 Å². The summed E-state index contributed by atoms with van der Waals surface area (Å²) in [6.07, 6.45) is 1.06. The lowest BCUT2D eigenvalue weighted by molar-refractivity contribution is 0.0694. The van der Waals surface area contributed by atoms with E-state index in [9.17, 15) is 19.8 Å².